The number of aliphatic hydroxyl groups excluding tert-OH is 3. The summed E-state index contributed by atoms with van der Waals surface area (Å²) in [4.78, 5) is 30.2. The third-order valence-electron chi connectivity index (χ3n) is 3.94. The molecule has 0 heterocycles. The molecule has 0 atom stereocenters. The Bertz CT molecular complexity index is 1060. The van der Waals surface area contributed by atoms with Crippen LogP contribution < -0.4 is 15.3 Å². The molecule has 0 bridgehead atoms. The molecule has 3 aromatic carbocycles. The second kappa shape index (κ2) is 18.2. The number of carbonyl (C=O) groups excluding carboxylic acids is 3. The van der Waals surface area contributed by atoms with Gasteiger partial charge in [0.2, 0.25) is 0 Å². The van der Waals surface area contributed by atoms with Crippen molar-refractivity contribution in [2.45, 2.75) is 0 Å². The van der Waals surface area contributed by atoms with Crippen LogP contribution in [0.15, 0.2) is 108 Å². The van der Waals surface area contributed by atoms with Crippen molar-refractivity contribution in [2.75, 3.05) is 0 Å². The molecule has 0 aliphatic heterocycles. The van der Waals surface area contributed by atoms with E-state index < -0.39 is 35.2 Å². The van der Waals surface area contributed by atoms with E-state index in [4.69, 9.17) is 15.3 Å². The molecule has 0 fully saturated rings. The van der Waals surface area contributed by atoms with Gasteiger partial charge in [0.25, 0.3) is 0 Å². The first-order valence-electron chi connectivity index (χ1n) is 10.1. The molecule has 3 aromatic rings. The summed E-state index contributed by atoms with van der Waals surface area (Å²) in [7, 11) is 0. The van der Waals surface area contributed by atoms with Crippen LogP contribution in [-0.4, -0.2) is 33.2 Å². The van der Waals surface area contributed by atoms with E-state index in [1.165, 1.54) is 0 Å². The van der Waals surface area contributed by atoms with Crippen LogP contribution in [0.4, 0.5) is 0 Å². The van der Waals surface area contributed by atoms with Crippen molar-refractivity contribution in [2.24, 2.45) is 0 Å². The molecule has 0 saturated carbocycles. The maximum Gasteiger partial charge on any atom is 3.00 e. The van der Waals surface area contributed by atoms with Gasteiger partial charge in [-0.15, -0.1) is 0 Å². The zero-order chi connectivity index (χ0) is 26.9. The molecular weight excluding hydrogens is 607 g/mol. The minimum absolute atomic E-state index is 0. The number of carboxylic acid groups (broad SMARTS) is 3. The fraction of sp³-hybridized carbons (Fsp3) is 0. The zero-order valence-corrected chi connectivity index (χ0v) is 22.9. The van der Waals surface area contributed by atoms with E-state index in [9.17, 15) is 29.7 Å². The third-order valence-corrected chi connectivity index (χ3v) is 3.94. The first-order chi connectivity index (χ1) is 17.1. The predicted octanol–water partition coefficient (Wildman–Crippen LogP) is 1.01. The molecule has 0 unspecified atom stereocenters. The van der Waals surface area contributed by atoms with Crippen LogP contribution >= 0.6 is 0 Å². The topological polar surface area (TPSA) is 181 Å². The summed E-state index contributed by atoms with van der Waals surface area (Å²) in [6.07, 6.45) is 3.40. The van der Waals surface area contributed by atoms with Crippen LogP contribution in [0.5, 0.6) is 0 Å². The van der Waals surface area contributed by atoms with Crippen molar-refractivity contribution >= 4 is 36.1 Å². The predicted molar refractivity (Wildman–Crippen MR) is 126 cm³/mol. The number of carbonyl (C=O) groups is 3. The van der Waals surface area contributed by atoms with Gasteiger partial charge in [-0.25, -0.2) is 0 Å². The Morgan fingerprint density at radius 3 is 0.811 bits per heavy atom. The summed E-state index contributed by atoms with van der Waals surface area (Å²) < 4.78 is 0. The summed E-state index contributed by atoms with van der Waals surface area (Å²) in [6.45, 7) is 0. The number of hydrogen-bond acceptors (Lipinski definition) is 9. The van der Waals surface area contributed by atoms with Gasteiger partial charge in [0, 0.05) is 0 Å². The van der Waals surface area contributed by atoms with Gasteiger partial charge in [-0.3, -0.25) is 0 Å². The van der Waals surface area contributed by atoms with Gasteiger partial charge in [0.15, 0.2) is 0 Å². The number of aliphatic carboxylic acids is 3. The Hall–Kier alpha value is -4.12. The van der Waals surface area contributed by atoms with Crippen LogP contribution in [0, 0.1) is 35.6 Å². The number of benzene rings is 3. The van der Waals surface area contributed by atoms with E-state index in [1.54, 1.807) is 91.0 Å². The Kier molecular flexibility index (Phi) is 16.2. The molecule has 37 heavy (non-hydrogen) atoms. The number of rotatable bonds is 6. The van der Waals surface area contributed by atoms with Gasteiger partial charge in [-0.2, -0.15) is 0 Å². The first-order valence-corrected chi connectivity index (χ1v) is 10.1. The van der Waals surface area contributed by atoms with Crippen molar-refractivity contribution in [1.29, 1.82) is 0 Å². The minimum atomic E-state index is -1.57. The van der Waals surface area contributed by atoms with Gasteiger partial charge < -0.3 is 45.0 Å². The molecule has 3 rings (SSSR count). The number of hydrogen-bond donors (Lipinski definition) is 3. The molecule has 10 heteroatoms. The van der Waals surface area contributed by atoms with Gasteiger partial charge in [0.05, 0.1) is 0 Å². The molecule has 3 N–H and O–H groups in total. The molecule has 0 amide bonds. The maximum absolute atomic E-state index is 10.1. The van der Waals surface area contributed by atoms with E-state index in [0.29, 0.717) is 16.7 Å². The van der Waals surface area contributed by atoms with Crippen LogP contribution in [0.2, 0.25) is 0 Å². The summed E-state index contributed by atoms with van der Waals surface area (Å²) in [5.74, 6) is -7.00. The maximum atomic E-state index is 10.1. The second-order valence-corrected chi connectivity index (χ2v) is 6.68. The van der Waals surface area contributed by atoms with Crippen molar-refractivity contribution in [3.63, 3.8) is 0 Å². The fourth-order valence-electron chi connectivity index (χ4n) is 2.30. The second-order valence-electron chi connectivity index (χ2n) is 6.68. The Morgan fingerprint density at radius 1 is 0.459 bits per heavy atom. The number of aliphatic hydroxyl groups is 3. The molecule has 186 valence electrons. The van der Waals surface area contributed by atoms with Gasteiger partial charge >= 0.3 is 35.6 Å². The Labute approximate surface area is 240 Å². The Balaban J connectivity index is 0.000000518. The van der Waals surface area contributed by atoms with Crippen LogP contribution in [0.1, 0.15) is 16.7 Å². The van der Waals surface area contributed by atoms with Gasteiger partial charge in [-0.1, -0.05) is 91.0 Å². The largest absolute Gasteiger partial charge is 3.00 e. The summed E-state index contributed by atoms with van der Waals surface area (Å²) in [5.41, 5.74) is 1.87. The molecule has 9 nitrogen and oxygen atoms in total. The molecule has 0 spiro atoms. The Morgan fingerprint density at radius 2 is 0.649 bits per heavy atom. The number of carboxylic acids is 3. The molecular formula is C27H21LaO9. The molecule has 0 aliphatic carbocycles. The van der Waals surface area contributed by atoms with E-state index >= 15 is 0 Å². The fourth-order valence-corrected chi connectivity index (χ4v) is 2.30. The monoisotopic (exact) mass is 628 g/mol. The standard InChI is InChI=1S/3C9H8O3.La/c3*10-8(9(11)12)6-7-4-2-1-3-5-7;/h3*1-6,10H,(H,11,12);/q;;;+3/p-3. The molecule has 0 aliphatic rings. The van der Waals surface area contributed by atoms with Crippen LogP contribution in [-0.2, 0) is 14.4 Å². The third kappa shape index (κ3) is 14.8. The summed E-state index contributed by atoms with van der Waals surface area (Å²) in [5, 5.41) is 56.6. The van der Waals surface area contributed by atoms with Crippen molar-refractivity contribution in [3.8, 4) is 0 Å². The van der Waals surface area contributed by atoms with Crippen molar-refractivity contribution < 1.29 is 80.6 Å². The summed E-state index contributed by atoms with van der Waals surface area (Å²) >= 11 is 0. The van der Waals surface area contributed by atoms with Crippen LogP contribution in [0.3, 0.4) is 0 Å². The van der Waals surface area contributed by atoms with E-state index in [-0.39, 0.29) is 35.6 Å². The van der Waals surface area contributed by atoms with E-state index in [0.717, 1.165) is 18.2 Å². The van der Waals surface area contributed by atoms with Crippen molar-refractivity contribution in [3.05, 3.63) is 125 Å². The van der Waals surface area contributed by atoms with E-state index in [1.807, 2.05) is 0 Å². The summed E-state index contributed by atoms with van der Waals surface area (Å²) in [6, 6.07) is 25.9. The minimum Gasteiger partial charge on any atom is -0.542 e. The van der Waals surface area contributed by atoms with Crippen LogP contribution in [0.25, 0.3) is 18.2 Å². The molecule has 0 radical (unpaired) electrons. The molecule has 0 saturated heterocycles. The van der Waals surface area contributed by atoms with E-state index in [2.05, 4.69) is 0 Å². The SMILES string of the molecule is O=C([O-])C(O)=Cc1ccccc1.O=C([O-])C(O)=Cc1ccccc1.O=C([O-])C(O)=Cc1ccccc1.[La+3]. The molecule has 0 aromatic heterocycles. The average molecular weight is 628 g/mol. The smallest absolute Gasteiger partial charge is 0.542 e. The first kappa shape index (κ1) is 32.9. The van der Waals surface area contributed by atoms with Crippen molar-refractivity contribution in [1.82, 2.24) is 0 Å². The zero-order valence-electron chi connectivity index (χ0n) is 19.3. The van der Waals surface area contributed by atoms with Gasteiger partial charge in [0.1, 0.15) is 35.2 Å². The normalized spacial score (nSPS) is 10.9. The van der Waals surface area contributed by atoms with Gasteiger partial charge in [-0.05, 0) is 34.9 Å². The quantitative estimate of drug-likeness (QED) is 0.265. The average Bonchev–Trinajstić information content (AvgIpc) is 2.86.